The largest absolute Gasteiger partial charge is 0.481 e. The van der Waals surface area contributed by atoms with Gasteiger partial charge in [0.25, 0.3) is 0 Å². The molecule has 2 bridgehead atoms. The van der Waals surface area contributed by atoms with Gasteiger partial charge in [-0.2, -0.15) is 0 Å². The van der Waals surface area contributed by atoms with E-state index in [9.17, 15) is 14.7 Å². The molecule has 4 aliphatic carbocycles. The van der Waals surface area contributed by atoms with Gasteiger partial charge in [0.2, 0.25) is 5.91 Å². The Morgan fingerprint density at radius 2 is 1.68 bits per heavy atom. The molecule has 4 heteroatoms. The van der Waals surface area contributed by atoms with E-state index in [0.29, 0.717) is 18.4 Å². The van der Waals surface area contributed by atoms with Crippen molar-refractivity contribution in [1.29, 1.82) is 0 Å². The van der Waals surface area contributed by atoms with Crippen LogP contribution in [0.1, 0.15) is 12.0 Å². The lowest BCUT2D eigenvalue weighted by Gasteiger charge is -2.41. The molecule has 0 saturated heterocycles. The number of amides is 1. The molecule has 114 valence electrons. The predicted octanol–water partition coefficient (Wildman–Crippen LogP) is 2.07. The average molecular weight is 297 g/mol. The molecule has 0 aliphatic heterocycles. The minimum Gasteiger partial charge on any atom is -0.481 e. The summed E-state index contributed by atoms with van der Waals surface area (Å²) in [5.41, 5.74) is 1.03. The number of carbonyl (C=O) groups is 2. The van der Waals surface area contributed by atoms with Gasteiger partial charge in [0, 0.05) is 6.54 Å². The van der Waals surface area contributed by atoms with Crippen molar-refractivity contribution in [2.75, 3.05) is 0 Å². The fourth-order valence-electron chi connectivity index (χ4n) is 4.47. The van der Waals surface area contributed by atoms with Crippen LogP contribution < -0.4 is 5.32 Å². The zero-order valence-corrected chi connectivity index (χ0v) is 12.2. The van der Waals surface area contributed by atoms with Crippen molar-refractivity contribution in [2.24, 2.45) is 35.5 Å². The van der Waals surface area contributed by atoms with Crippen LogP contribution in [0, 0.1) is 35.5 Å². The second-order valence-corrected chi connectivity index (χ2v) is 6.70. The van der Waals surface area contributed by atoms with Crippen molar-refractivity contribution in [3.05, 3.63) is 48.0 Å². The van der Waals surface area contributed by atoms with E-state index in [2.05, 4.69) is 11.4 Å². The molecule has 22 heavy (non-hydrogen) atoms. The molecule has 1 aromatic rings. The number of hydrogen-bond donors (Lipinski definition) is 2. The fraction of sp³-hybridized carbons (Fsp3) is 0.444. The third-order valence-corrected chi connectivity index (χ3v) is 5.55. The number of allylic oxidation sites excluding steroid dienone is 2. The highest BCUT2D eigenvalue weighted by molar-refractivity contribution is 5.86. The molecular weight excluding hydrogens is 278 g/mol. The summed E-state index contributed by atoms with van der Waals surface area (Å²) < 4.78 is 0. The highest BCUT2D eigenvalue weighted by Gasteiger charge is 2.62. The molecule has 0 unspecified atom stereocenters. The summed E-state index contributed by atoms with van der Waals surface area (Å²) in [7, 11) is 0. The van der Waals surface area contributed by atoms with E-state index in [1.807, 2.05) is 36.4 Å². The summed E-state index contributed by atoms with van der Waals surface area (Å²) in [6, 6.07) is 9.71. The third kappa shape index (κ3) is 2.05. The number of fused-ring (bicyclic) bond motifs is 1. The number of carbonyl (C=O) groups excluding carboxylic acids is 1. The van der Waals surface area contributed by atoms with Crippen molar-refractivity contribution in [1.82, 2.24) is 5.32 Å². The van der Waals surface area contributed by atoms with Gasteiger partial charge >= 0.3 is 5.97 Å². The Morgan fingerprint density at radius 3 is 2.32 bits per heavy atom. The van der Waals surface area contributed by atoms with E-state index >= 15 is 0 Å². The minimum atomic E-state index is -0.829. The van der Waals surface area contributed by atoms with Gasteiger partial charge in [-0.15, -0.1) is 0 Å². The molecule has 0 spiro atoms. The number of rotatable bonds is 4. The van der Waals surface area contributed by atoms with Gasteiger partial charge < -0.3 is 10.4 Å². The minimum absolute atomic E-state index is 0.0416. The molecule has 2 fully saturated rings. The molecule has 5 rings (SSSR count). The van der Waals surface area contributed by atoms with Crippen LogP contribution in [0.4, 0.5) is 0 Å². The Labute approximate surface area is 129 Å². The normalized spacial score (nSPS) is 37.5. The van der Waals surface area contributed by atoms with E-state index in [1.165, 1.54) is 0 Å². The number of carboxylic acids is 1. The van der Waals surface area contributed by atoms with Crippen molar-refractivity contribution >= 4 is 11.9 Å². The molecule has 0 aromatic heterocycles. The third-order valence-electron chi connectivity index (χ3n) is 5.55. The summed E-state index contributed by atoms with van der Waals surface area (Å²) in [4.78, 5) is 24.3. The van der Waals surface area contributed by atoms with E-state index in [1.54, 1.807) is 0 Å². The maximum absolute atomic E-state index is 12.6. The van der Waals surface area contributed by atoms with Crippen LogP contribution >= 0.6 is 0 Å². The van der Waals surface area contributed by atoms with Crippen molar-refractivity contribution in [2.45, 2.75) is 13.0 Å². The first kappa shape index (κ1) is 13.6. The second kappa shape index (κ2) is 4.97. The highest BCUT2D eigenvalue weighted by atomic mass is 16.4. The lowest BCUT2D eigenvalue weighted by atomic mass is 9.62. The maximum Gasteiger partial charge on any atom is 0.307 e. The van der Waals surface area contributed by atoms with Crippen LogP contribution in [0.15, 0.2) is 42.5 Å². The summed E-state index contributed by atoms with van der Waals surface area (Å²) >= 11 is 0. The van der Waals surface area contributed by atoms with Crippen LogP contribution in [0.3, 0.4) is 0 Å². The number of nitrogens with one attached hydrogen (secondary N) is 1. The molecule has 1 amide bonds. The molecule has 0 heterocycles. The first-order valence-corrected chi connectivity index (χ1v) is 7.89. The Kier molecular flexibility index (Phi) is 3.06. The SMILES string of the molecule is O=C(NCc1ccccc1)[C@@H]1[C@@H]2C=C[C@@H]([C@H]3C[C@@H]23)[C@H]1C(=O)O. The highest BCUT2D eigenvalue weighted by Crippen LogP contribution is 2.63. The second-order valence-electron chi connectivity index (χ2n) is 6.70. The topological polar surface area (TPSA) is 66.4 Å². The Morgan fingerprint density at radius 1 is 1.05 bits per heavy atom. The zero-order chi connectivity index (χ0) is 15.3. The quantitative estimate of drug-likeness (QED) is 0.836. The lowest BCUT2D eigenvalue weighted by Crippen LogP contribution is -2.49. The van der Waals surface area contributed by atoms with Gasteiger partial charge in [-0.3, -0.25) is 9.59 Å². The van der Waals surface area contributed by atoms with Crippen LogP contribution in [0.25, 0.3) is 0 Å². The first-order chi connectivity index (χ1) is 10.7. The Balaban J connectivity index is 1.51. The van der Waals surface area contributed by atoms with Gasteiger partial charge in [-0.1, -0.05) is 42.5 Å². The monoisotopic (exact) mass is 297 g/mol. The maximum atomic E-state index is 12.6. The molecule has 4 nitrogen and oxygen atoms in total. The van der Waals surface area contributed by atoms with Crippen LogP contribution in [-0.2, 0) is 16.1 Å². The number of benzene rings is 1. The van der Waals surface area contributed by atoms with Gasteiger partial charge in [-0.05, 0) is 35.7 Å². The zero-order valence-electron chi connectivity index (χ0n) is 12.2. The van der Waals surface area contributed by atoms with E-state index in [4.69, 9.17) is 0 Å². The summed E-state index contributed by atoms with van der Waals surface area (Å²) in [5.74, 6) is -0.751. The van der Waals surface area contributed by atoms with E-state index in [0.717, 1.165) is 12.0 Å². The molecule has 6 atom stereocenters. The Hall–Kier alpha value is -2.10. The number of hydrogen-bond acceptors (Lipinski definition) is 2. The molecular formula is C18H19NO3. The fourth-order valence-corrected chi connectivity index (χ4v) is 4.47. The standard InChI is InChI=1S/C18H19NO3/c20-17(19-9-10-4-2-1-3-5-10)15-11-6-7-12(14-8-13(11)14)16(15)18(21)22/h1-7,11-16H,8-9H2,(H,19,20)(H,21,22)/t11-,12+,13+,14-,15-,16-/m1/s1. The summed E-state index contributed by atoms with van der Waals surface area (Å²) in [5, 5.41) is 12.5. The van der Waals surface area contributed by atoms with Gasteiger partial charge in [0.1, 0.15) is 0 Å². The lowest BCUT2D eigenvalue weighted by molar-refractivity contribution is -0.153. The molecule has 2 saturated carbocycles. The average Bonchev–Trinajstić information content (AvgIpc) is 3.35. The smallest absolute Gasteiger partial charge is 0.307 e. The predicted molar refractivity (Wildman–Crippen MR) is 80.6 cm³/mol. The van der Waals surface area contributed by atoms with Crippen molar-refractivity contribution < 1.29 is 14.7 Å². The number of carboxylic acid groups (broad SMARTS) is 1. The van der Waals surface area contributed by atoms with Crippen LogP contribution in [-0.4, -0.2) is 17.0 Å². The van der Waals surface area contributed by atoms with Crippen molar-refractivity contribution in [3.8, 4) is 0 Å². The van der Waals surface area contributed by atoms with Crippen molar-refractivity contribution in [3.63, 3.8) is 0 Å². The first-order valence-electron chi connectivity index (χ1n) is 7.89. The van der Waals surface area contributed by atoms with Gasteiger partial charge in [0.15, 0.2) is 0 Å². The molecule has 1 aromatic carbocycles. The van der Waals surface area contributed by atoms with Gasteiger partial charge in [0.05, 0.1) is 11.8 Å². The summed E-state index contributed by atoms with van der Waals surface area (Å²) in [6.07, 6.45) is 5.21. The van der Waals surface area contributed by atoms with Crippen LogP contribution in [0.5, 0.6) is 0 Å². The van der Waals surface area contributed by atoms with E-state index < -0.39 is 17.8 Å². The van der Waals surface area contributed by atoms with Gasteiger partial charge in [-0.25, -0.2) is 0 Å². The molecule has 4 aliphatic rings. The molecule has 0 radical (unpaired) electrons. The molecule has 2 N–H and O–H groups in total. The van der Waals surface area contributed by atoms with E-state index in [-0.39, 0.29) is 17.7 Å². The Bertz CT molecular complexity index is 639. The number of aliphatic carboxylic acids is 1. The summed E-state index contributed by atoms with van der Waals surface area (Å²) in [6.45, 7) is 0.456. The van der Waals surface area contributed by atoms with Crippen LogP contribution in [0.2, 0.25) is 0 Å².